The molecule has 0 radical (unpaired) electrons. The van der Waals surface area contributed by atoms with E-state index in [1.165, 1.54) is 6.07 Å². The third-order valence-electron chi connectivity index (χ3n) is 1.75. The van der Waals surface area contributed by atoms with Crippen LogP contribution in [0.25, 0.3) is 0 Å². The minimum absolute atomic E-state index is 0.00949. The Morgan fingerprint density at radius 2 is 1.56 bits per heavy atom. The first kappa shape index (κ1) is 16.6. The van der Waals surface area contributed by atoms with Crippen molar-refractivity contribution in [3.63, 3.8) is 0 Å². The maximum atomic E-state index is 12.3. The van der Waals surface area contributed by atoms with E-state index in [9.17, 15) is 13.2 Å². The SMILES string of the molecule is CC.CC(C)(C)Oc1ccc(C(F)(F)F)cc1N. The van der Waals surface area contributed by atoms with E-state index in [-0.39, 0.29) is 11.4 Å². The molecule has 1 aromatic rings. The topological polar surface area (TPSA) is 35.2 Å². The Labute approximate surface area is 106 Å². The highest BCUT2D eigenvalue weighted by Crippen LogP contribution is 2.34. The molecule has 0 aliphatic carbocycles. The van der Waals surface area contributed by atoms with Gasteiger partial charge in [-0.15, -0.1) is 0 Å². The molecule has 0 heterocycles. The number of ether oxygens (including phenoxy) is 1. The third kappa shape index (κ3) is 5.29. The van der Waals surface area contributed by atoms with E-state index in [0.29, 0.717) is 0 Å². The first-order valence-corrected chi connectivity index (χ1v) is 5.75. The van der Waals surface area contributed by atoms with Crippen molar-refractivity contribution in [2.24, 2.45) is 0 Å². The minimum atomic E-state index is -4.38. The van der Waals surface area contributed by atoms with Crippen molar-refractivity contribution in [1.82, 2.24) is 0 Å². The summed E-state index contributed by atoms with van der Waals surface area (Å²) in [6, 6.07) is 3.07. The van der Waals surface area contributed by atoms with Crippen LogP contribution in [0.3, 0.4) is 0 Å². The van der Waals surface area contributed by atoms with Crippen molar-refractivity contribution in [3.05, 3.63) is 23.8 Å². The smallest absolute Gasteiger partial charge is 0.416 e. The molecule has 1 aromatic carbocycles. The highest BCUT2D eigenvalue weighted by molar-refractivity contribution is 5.55. The second kappa shape index (κ2) is 5.98. The van der Waals surface area contributed by atoms with E-state index in [0.717, 1.165) is 12.1 Å². The van der Waals surface area contributed by atoms with Crippen LogP contribution < -0.4 is 10.5 Å². The van der Waals surface area contributed by atoms with Gasteiger partial charge in [0.05, 0.1) is 11.3 Å². The molecule has 2 N–H and O–H groups in total. The lowest BCUT2D eigenvalue weighted by Crippen LogP contribution is -2.23. The Morgan fingerprint density at radius 3 is 1.89 bits per heavy atom. The fourth-order valence-corrected chi connectivity index (χ4v) is 1.15. The molecule has 0 atom stereocenters. The van der Waals surface area contributed by atoms with Gasteiger partial charge in [-0.2, -0.15) is 13.2 Å². The molecular weight excluding hydrogens is 243 g/mol. The van der Waals surface area contributed by atoms with Crippen molar-refractivity contribution in [2.75, 3.05) is 5.73 Å². The van der Waals surface area contributed by atoms with Crippen LogP contribution in [0.15, 0.2) is 18.2 Å². The van der Waals surface area contributed by atoms with Crippen molar-refractivity contribution < 1.29 is 17.9 Å². The fraction of sp³-hybridized carbons (Fsp3) is 0.538. The molecule has 5 heteroatoms. The molecule has 0 amide bonds. The number of anilines is 1. The van der Waals surface area contributed by atoms with Crippen molar-refractivity contribution in [2.45, 2.75) is 46.4 Å². The van der Waals surface area contributed by atoms with Gasteiger partial charge in [0.2, 0.25) is 0 Å². The molecule has 0 unspecified atom stereocenters. The Bertz CT molecular complexity index is 381. The normalized spacial score (nSPS) is 11.6. The lowest BCUT2D eigenvalue weighted by Gasteiger charge is -2.22. The molecule has 0 aliphatic rings. The fourth-order valence-electron chi connectivity index (χ4n) is 1.15. The summed E-state index contributed by atoms with van der Waals surface area (Å²) in [7, 11) is 0. The van der Waals surface area contributed by atoms with Crippen LogP contribution in [0.5, 0.6) is 5.75 Å². The van der Waals surface area contributed by atoms with Gasteiger partial charge in [0.1, 0.15) is 11.4 Å². The molecule has 1 rings (SSSR count). The van der Waals surface area contributed by atoms with Crippen LogP contribution in [-0.4, -0.2) is 5.60 Å². The van der Waals surface area contributed by atoms with Crippen LogP contribution in [0.4, 0.5) is 18.9 Å². The van der Waals surface area contributed by atoms with Gasteiger partial charge in [-0.1, -0.05) is 13.8 Å². The zero-order chi connectivity index (χ0) is 14.6. The number of hydrogen-bond acceptors (Lipinski definition) is 2. The second-order valence-corrected chi connectivity index (χ2v) is 4.46. The number of nitrogens with two attached hydrogens (primary N) is 1. The van der Waals surface area contributed by atoms with E-state index >= 15 is 0 Å². The standard InChI is InChI=1S/C11H14F3NO.C2H6/c1-10(2,3)16-9-5-4-7(6-8(9)15)11(12,13)14;1-2/h4-6H,15H2,1-3H3;1-2H3. The number of hydrogen-bond donors (Lipinski definition) is 1. The van der Waals surface area contributed by atoms with Gasteiger partial charge in [-0.25, -0.2) is 0 Å². The van der Waals surface area contributed by atoms with Gasteiger partial charge in [0.15, 0.2) is 0 Å². The predicted octanol–water partition coefficient (Wildman–Crippen LogP) is 4.49. The molecule has 0 aliphatic heterocycles. The molecule has 0 spiro atoms. The van der Waals surface area contributed by atoms with Crippen LogP contribution in [0, 0.1) is 0 Å². The lowest BCUT2D eigenvalue weighted by atomic mass is 10.1. The van der Waals surface area contributed by atoms with Crippen LogP contribution in [0.2, 0.25) is 0 Å². The quantitative estimate of drug-likeness (QED) is 0.757. The predicted molar refractivity (Wildman–Crippen MR) is 67.6 cm³/mol. The van der Waals surface area contributed by atoms with Gasteiger partial charge in [-0.3, -0.25) is 0 Å². The minimum Gasteiger partial charge on any atom is -0.486 e. The van der Waals surface area contributed by atoms with Gasteiger partial charge >= 0.3 is 6.18 Å². The number of rotatable bonds is 1. The Balaban J connectivity index is 0.00000137. The summed E-state index contributed by atoms with van der Waals surface area (Å²) in [6.45, 7) is 9.39. The maximum absolute atomic E-state index is 12.3. The third-order valence-corrected chi connectivity index (χ3v) is 1.75. The van der Waals surface area contributed by atoms with Crippen molar-refractivity contribution in [1.29, 1.82) is 0 Å². The summed E-state index contributed by atoms with van der Waals surface area (Å²) in [6.07, 6.45) is -4.38. The zero-order valence-corrected chi connectivity index (χ0v) is 11.4. The summed E-state index contributed by atoms with van der Waals surface area (Å²) >= 11 is 0. The Hall–Kier alpha value is -1.39. The van der Waals surface area contributed by atoms with Crippen LogP contribution in [0.1, 0.15) is 40.2 Å². The first-order valence-electron chi connectivity index (χ1n) is 5.75. The molecule has 0 bridgehead atoms. The lowest BCUT2D eigenvalue weighted by molar-refractivity contribution is -0.137. The number of nitrogen functional groups attached to an aromatic ring is 1. The monoisotopic (exact) mass is 263 g/mol. The molecule has 0 fully saturated rings. The summed E-state index contributed by atoms with van der Waals surface area (Å²) in [5.74, 6) is 0.264. The highest BCUT2D eigenvalue weighted by Gasteiger charge is 2.31. The van der Waals surface area contributed by atoms with Crippen molar-refractivity contribution in [3.8, 4) is 5.75 Å². The average molecular weight is 263 g/mol. The maximum Gasteiger partial charge on any atom is 0.416 e. The Morgan fingerprint density at radius 1 is 1.06 bits per heavy atom. The van der Waals surface area contributed by atoms with Gasteiger partial charge < -0.3 is 10.5 Å². The largest absolute Gasteiger partial charge is 0.486 e. The van der Waals surface area contributed by atoms with E-state index in [4.69, 9.17) is 10.5 Å². The van der Waals surface area contributed by atoms with Gasteiger partial charge in [-0.05, 0) is 39.0 Å². The second-order valence-electron chi connectivity index (χ2n) is 4.46. The Kier molecular flexibility index (Phi) is 5.52. The van der Waals surface area contributed by atoms with Gasteiger partial charge in [0, 0.05) is 0 Å². The molecule has 104 valence electrons. The number of alkyl halides is 3. The van der Waals surface area contributed by atoms with Crippen LogP contribution in [-0.2, 0) is 6.18 Å². The summed E-state index contributed by atoms with van der Waals surface area (Å²) in [5.41, 5.74) is 4.23. The van der Waals surface area contributed by atoms with Crippen molar-refractivity contribution >= 4 is 5.69 Å². The molecule has 18 heavy (non-hydrogen) atoms. The molecule has 2 nitrogen and oxygen atoms in total. The number of benzene rings is 1. The molecule has 0 saturated heterocycles. The van der Waals surface area contributed by atoms with Crippen LogP contribution >= 0.6 is 0 Å². The van der Waals surface area contributed by atoms with E-state index in [1.54, 1.807) is 20.8 Å². The summed E-state index contributed by atoms with van der Waals surface area (Å²) < 4.78 is 42.4. The van der Waals surface area contributed by atoms with E-state index in [2.05, 4.69) is 0 Å². The molecular formula is C13H20F3NO. The summed E-state index contributed by atoms with van der Waals surface area (Å²) in [4.78, 5) is 0. The zero-order valence-electron chi connectivity index (χ0n) is 11.4. The highest BCUT2D eigenvalue weighted by atomic mass is 19.4. The first-order chi connectivity index (χ1) is 8.09. The number of halogens is 3. The summed E-state index contributed by atoms with van der Waals surface area (Å²) in [5, 5.41) is 0. The average Bonchev–Trinajstić information content (AvgIpc) is 2.20. The molecule has 0 aromatic heterocycles. The van der Waals surface area contributed by atoms with E-state index in [1.807, 2.05) is 13.8 Å². The van der Waals surface area contributed by atoms with Gasteiger partial charge in [0.25, 0.3) is 0 Å². The molecule has 0 saturated carbocycles. The van der Waals surface area contributed by atoms with E-state index < -0.39 is 17.3 Å².